The molecule has 0 unspecified atom stereocenters. The first-order valence-corrected chi connectivity index (χ1v) is 5.71. The zero-order valence-corrected chi connectivity index (χ0v) is 11.0. The Morgan fingerprint density at radius 1 is 1.44 bits per heavy atom. The maximum Gasteiger partial charge on any atom is 0.252 e. The molecular formula is C12H19ClN2O. The highest BCUT2D eigenvalue weighted by Gasteiger charge is 2.08. The first kappa shape index (κ1) is 14.9. The first-order chi connectivity index (χ1) is 7.42. The van der Waals surface area contributed by atoms with Crippen LogP contribution in [0.4, 0.5) is 0 Å². The Hall–Kier alpha value is -1.09. The number of carbonyl (C=O) groups excluding carboxylic acids is 1. The van der Waals surface area contributed by atoms with Crippen molar-refractivity contribution >= 4 is 23.3 Å². The fraction of sp³-hybridized carbons (Fsp3) is 0.500. The lowest BCUT2D eigenvalue weighted by Crippen LogP contribution is -2.31. The van der Waals surface area contributed by atoms with Crippen LogP contribution in [0.1, 0.15) is 34.1 Å². The van der Waals surface area contributed by atoms with Crippen LogP contribution in [0.3, 0.4) is 0 Å². The van der Waals surface area contributed by atoms with E-state index in [-0.39, 0.29) is 17.1 Å². The molecule has 0 aromatic rings. The van der Waals surface area contributed by atoms with Crippen molar-refractivity contribution < 1.29 is 4.79 Å². The highest BCUT2D eigenvalue weighted by Crippen LogP contribution is 2.07. The van der Waals surface area contributed by atoms with Crippen LogP contribution < -0.4 is 5.32 Å². The summed E-state index contributed by atoms with van der Waals surface area (Å²) in [6.45, 7) is 7.22. The Bertz CT molecular complexity index is 332. The van der Waals surface area contributed by atoms with E-state index in [0.717, 1.165) is 6.42 Å². The van der Waals surface area contributed by atoms with E-state index in [9.17, 15) is 4.79 Å². The lowest BCUT2D eigenvalue weighted by Gasteiger charge is -2.08. The van der Waals surface area contributed by atoms with Crippen LogP contribution in [0.2, 0.25) is 0 Å². The first-order valence-electron chi connectivity index (χ1n) is 5.28. The molecule has 0 saturated heterocycles. The Morgan fingerprint density at radius 2 is 2.00 bits per heavy atom. The van der Waals surface area contributed by atoms with Gasteiger partial charge in [-0.2, -0.15) is 0 Å². The van der Waals surface area contributed by atoms with Crippen molar-refractivity contribution in [3.05, 3.63) is 23.3 Å². The molecule has 0 fully saturated rings. The van der Waals surface area contributed by atoms with E-state index in [1.54, 1.807) is 32.9 Å². The van der Waals surface area contributed by atoms with E-state index in [2.05, 4.69) is 5.32 Å². The summed E-state index contributed by atoms with van der Waals surface area (Å²) in [6.07, 6.45) is 4.28. The zero-order chi connectivity index (χ0) is 12.7. The van der Waals surface area contributed by atoms with Gasteiger partial charge in [-0.15, -0.1) is 11.6 Å². The highest BCUT2D eigenvalue weighted by atomic mass is 35.5. The number of hydrogen-bond acceptors (Lipinski definition) is 2. The molecule has 0 saturated carbocycles. The Morgan fingerprint density at radius 3 is 2.44 bits per heavy atom. The molecule has 0 heterocycles. The average molecular weight is 243 g/mol. The average Bonchev–Trinajstić information content (AvgIpc) is 2.27. The SMILES string of the molecule is C/C=C(\C)C(=O)NC(=N)/C(C)=C/[C@@H](Cl)CC. The lowest BCUT2D eigenvalue weighted by atomic mass is 10.2. The van der Waals surface area contributed by atoms with Crippen molar-refractivity contribution in [2.24, 2.45) is 0 Å². The normalized spacial score (nSPS) is 14.6. The summed E-state index contributed by atoms with van der Waals surface area (Å²) in [5.74, 6) is -0.145. The predicted molar refractivity (Wildman–Crippen MR) is 69.0 cm³/mol. The molecule has 2 N–H and O–H groups in total. The number of halogens is 1. The minimum atomic E-state index is -0.247. The number of carbonyl (C=O) groups is 1. The van der Waals surface area contributed by atoms with Crippen LogP contribution in [0.25, 0.3) is 0 Å². The van der Waals surface area contributed by atoms with Gasteiger partial charge in [0.2, 0.25) is 0 Å². The number of allylic oxidation sites excluding steroid dienone is 2. The third-order valence-corrected chi connectivity index (χ3v) is 2.68. The summed E-state index contributed by atoms with van der Waals surface area (Å²) in [5.41, 5.74) is 1.27. The van der Waals surface area contributed by atoms with Gasteiger partial charge in [-0.25, -0.2) is 0 Å². The third kappa shape index (κ3) is 5.12. The number of amides is 1. The number of amidine groups is 1. The van der Waals surface area contributed by atoms with Gasteiger partial charge in [-0.1, -0.05) is 19.1 Å². The molecule has 0 spiro atoms. The smallest absolute Gasteiger partial charge is 0.252 e. The van der Waals surface area contributed by atoms with Crippen LogP contribution in [0.5, 0.6) is 0 Å². The minimum absolute atomic E-state index is 0.0972. The van der Waals surface area contributed by atoms with Crippen LogP contribution in [0, 0.1) is 5.41 Å². The van der Waals surface area contributed by atoms with Crippen LogP contribution in [0.15, 0.2) is 23.3 Å². The fourth-order valence-corrected chi connectivity index (χ4v) is 1.10. The molecule has 0 aliphatic rings. The summed E-state index contributed by atoms with van der Waals surface area (Å²) in [7, 11) is 0. The molecule has 0 bridgehead atoms. The molecule has 0 aliphatic carbocycles. The van der Waals surface area contributed by atoms with Crippen molar-refractivity contribution in [3.8, 4) is 0 Å². The molecule has 0 aromatic heterocycles. The summed E-state index contributed by atoms with van der Waals surface area (Å²) >= 11 is 5.93. The topological polar surface area (TPSA) is 53.0 Å². The van der Waals surface area contributed by atoms with Gasteiger partial charge in [0.25, 0.3) is 5.91 Å². The Labute approximate surface area is 102 Å². The van der Waals surface area contributed by atoms with E-state index >= 15 is 0 Å². The van der Waals surface area contributed by atoms with Gasteiger partial charge < -0.3 is 5.32 Å². The second kappa shape index (κ2) is 7.23. The summed E-state index contributed by atoms with van der Waals surface area (Å²) in [6, 6.07) is 0. The second-order valence-corrected chi connectivity index (χ2v) is 4.14. The molecule has 90 valence electrons. The van der Waals surface area contributed by atoms with Gasteiger partial charge in [0.15, 0.2) is 0 Å². The molecule has 1 atom stereocenters. The van der Waals surface area contributed by atoms with Crippen LogP contribution in [-0.2, 0) is 4.79 Å². The Kier molecular flexibility index (Phi) is 6.74. The maximum atomic E-state index is 11.5. The quantitative estimate of drug-likeness (QED) is 0.339. The van der Waals surface area contributed by atoms with E-state index in [0.29, 0.717) is 11.1 Å². The van der Waals surface area contributed by atoms with Crippen molar-refractivity contribution in [1.29, 1.82) is 5.41 Å². The Balaban J connectivity index is 4.48. The predicted octanol–water partition coefficient (Wildman–Crippen LogP) is 3.01. The number of nitrogens with one attached hydrogen (secondary N) is 2. The van der Waals surface area contributed by atoms with Crippen molar-refractivity contribution in [3.63, 3.8) is 0 Å². The van der Waals surface area contributed by atoms with Crippen LogP contribution >= 0.6 is 11.6 Å². The molecule has 4 heteroatoms. The molecule has 0 rings (SSSR count). The molecule has 0 aromatic carbocycles. The number of rotatable bonds is 4. The van der Waals surface area contributed by atoms with Crippen LogP contribution in [-0.4, -0.2) is 17.1 Å². The van der Waals surface area contributed by atoms with E-state index in [1.165, 1.54) is 0 Å². The van der Waals surface area contributed by atoms with Crippen molar-refractivity contribution in [2.75, 3.05) is 0 Å². The molecule has 0 radical (unpaired) electrons. The molecule has 1 amide bonds. The zero-order valence-electron chi connectivity index (χ0n) is 10.2. The van der Waals surface area contributed by atoms with Gasteiger partial charge in [0.05, 0.1) is 5.38 Å². The van der Waals surface area contributed by atoms with E-state index in [1.807, 2.05) is 6.92 Å². The third-order valence-electron chi connectivity index (χ3n) is 2.24. The lowest BCUT2D eigenvalue weighted by molar-refractivity contribution is -0.116. The largest absolute Gasteiger partial charge is 0.307 e. The van der Waals surface area contributed by atoms with Crippen molar-refractivity contribution in [1.82, 2.24) is 5.32 Å². The van der Waals surface area contributed by atoms with E-state index in [4.69, 9.17) is 17.0 Å². The standard InChI is InChI=1S/C12H19ClN2O/c1-5-8(3)12(16)15-11(14)9(4)7-10(13)6-2/h5,7,10H,6H2,1-4H3,(H2,14,15,16)/b8-5+,9-7+/t10-/m0/s1. The van der Waals surface area contributed by atoms with Gasteiger partial charge in [0, 0.05) is 5.57 Å². The van der Waals surface area contributed by atoms with Gasteiger partial charge in [-0.05, 0) is 32.8 Å². The summed E-state index contributed by atoms with van der Waals surface area (Å²) in [5, 5.41) is 10.1. The van der Waals surface area contributed by atoms with Gasteiger partial charge in [0.1, 0.15) is 5.84 Å². The molecule has 16 heavy (non-hydrogen) atoms. The second-order valence-electron chi connectivity index (χ2n) is 3.57. The maximum absolute atomic E-state index is 11.5. The number of alkyl halides is 1. The highest BCUT2D eigenvalue weighted by molar-refractivity contribution is 6.22. The monoisotopic (exact) mass is 242 g/mol. The van der Waals surface area contributed by atoms with Gasteiger partial charge >= 0.3 is 0 Å². The molecule has 3 nitrogen and oxygen atoms in total. The fourth-order valence-electron chi connectivity index (χ4n) is 0.914. The van der Waals surface area contributed by atoms with Gasteiger partial charge in [-0.3, -0.25) is 10.2 Å². The minimum Gasteiger partial charge on any atom is -0.307 e. The van der Waals surface area contributed by atoms with Crippen molar-refractivity contribution in [2.45, 2.75) is 39.5 Å². The number of hydrogen-bond donors (Lipinski definition) is 2. The summed E-state index contributed by atoms with van der Waals surface area (Å²) < 4.78 is 0. The van der Waals surface area contributed by atoms with E-state index < -0.39 is 0 Å². The molecule has 0 aliphatic heterocycles. The molecular weight excluding hydrogens is 224 g/mol. The summed E-state index contributed by atoms with van der Waals surface area (Å²) in [4.78, 5) is 11.5.